The fraction of sp³-hybridized carbons (Fsp3) is 0.483. The van der Waals surface area contributed by atoms with E-state index in [0.29, 0.717) is 17.4 Å². The van der Waals surface area contributed by atoms with Crippen molar-refractivity contribution in [2.45, 2.75) is 77.8 Å². The largest absolute Gasteiger partial charge is 0.332 e. The Morgan fingerprint density at radius 2 is 1.79 bits per heavy atom. The van der Waals surface area contributed by atoms with Crippen LogP contribution in [0.5, 0.6) is 0 Å². The summed E-state index contributed by atoms with van der Waals surface area (Å²) in [5, 5.41) is 1.43. The lowest BCUT2D eigenvalue weighted by atomic mass is 9.67. The molecule has 0 radical (unpaired) electrons. The van der Waals surface area contributed by atoms with Gasteiger partial charge in [0.15, 0.2) is 0 Å². The lowest BCUT2D eigenvalue weighted by Gasteiger charge is -2.52. The summed E-state index contributed by atoms with van der Waals surface area (Å²) in [6.45, 7) is 12.8. The summed E-state index contributed by atoms with van der Waals surface area (Å²) in [4.78, 5) is 16.4. The number of allylic oxidation sites excluding steroid dienone is 1. The van der Waals surface area contributed by atoms with Crippen molar-refractivity contribution >= 4 is 29.1 Å². The maximum Gasteiger partial charge on any atom is 0.229 e. The number of amides is 1. The molecule has 2 nitrogen and oxygen atoms in total. The second-order valence-electron chi connectivity index (χ2n) is 10.2. The zero-order chi connectivity index (χ0) is 24.2. The third-order valence-corrected chi connectivity index (χ3v) is 7.61. The van der Waals surface area contributed by atoms with Crippen LogP contribution in [0.4, 0.5) is 0 Å². The predicted octanol–water partition coefficient (Wildman–Crippen LogP) is 8.85. The standard InChI is InChI=1S/C29H37Cl2NO/c1-6-17-29(5)19-26(22-9-8-10-24(31)18-22)27(21-12-14-23(30)15-13-21)32(28(29)33)25(7-2)16-11-20(3)4/h6,8-10,12-15,18,20,25-27H,1,7,11,16-17,19H2,2-5H3/t25?,26?,27-,29+/m1/s1. The molecule has 0 aliphatic carbocycles. The van der Waals surface area contributed by atoms with Crippen LogP contribution in [-0.4, -0.2) is 16.8 Å². The van der Waals surface area contributed by atoms with Crippen LogP contribution in [0.3, 0.4) is 0 Å². The Labute approximate surface area is 210 Å². The Morgan fingerprint density at radius 3 is 2.36 bits per heavy atom. The molecular formula is C29H37Cl2NO. The van der Waals surface area contributed by atoms with Gasteiger partial charge in [0.05, 0.1) is 11.5 Å². The average Bonchev–Trinajstić information content (AvgIpc) is 2.77. The average molecular weight is 487 g/mol. The second kappa shape index (κ2) is 11.1. The zero-order valence-electron chi connectivity index (χ0n) is 20.4. The van der Waals surface area contributed by atoms with Crippen molar-refractivity contribution in [3.05, 3.63) is 82.4 Å². The van der Waals surface area contributed by atoms with E-state index in [1.54, 1.807) is 0 Å². The Kier molecular flexibility index (Phi) is 8.70. The van der Waals surface area contributed by atoms with Crippen molar-refractivity contribution in [3.8, 4) is 0 Å². The normalized spacial score (nSPS) is 24.2. The Bertz CT molecular complexity index is 954. The summed E-state index contributed by atoms with van der Waals surface area (Å²) in [6, 6.07) is 16.3. The summed E-state index contributed by atoms with van der Waals surface area (Å²) >= 11 is 12.7. The van der Waals surface area contributed by atoms with Crippen LogP contribution in [0.1, 0.15) is 82.9 Å². The first-order valence-electron chi connectivity index (χ1n) is 12.1. The van der Waals surface area contributed by atoms with Gasteiger partial charge in [-0.3, -0.25) is 4.79 Å². The van der Waals surface area contributed by atoms with E-state index in [9.17, 15) is 4.79 Å². The van der Waals surface area contributed by atoms with E-state index in [4.69, 9.17) is 23.2 Å². The van der Waals surface area contributed by atoms with Gasteiger partial charge in [-0.2, -0.15) is 0 Å². The van der Waals surface area contributed by atoms with Gasteiger partial charge in [0.1, 0.15) is 0 Å². The molecule has 0 aromatic heterocycles. The third kappa shape index (κ3) is 5.84. The first-order chi connectivity index (χ1) is 15.7. The molecule has 2 aromatic carbocycles. The highest BCUT2D eigenvalue weighted by Gasteiger charge is 2.50. The highest BCUT2D eigenvalue weighted by atomic mass is 35.5. The number of hydrogen-bond acceptors (Lipinski definition) is 1. The zero-order valence-corrected chi connectivity index (χ0v) is 21.9. The Balaban J connectivity index is 2.19. The van der Waals surface area contributed by atoms with E-state index >= 15 is 0 Å². The second-order valence-corrected chi connectivity index (χ2v) is 11.0. The topological polar surface area (TPSA) is 20.3 Å². The first-order valence-corrected chi connectivity index (χ1v) is 12.9. The summed E-state index contributed by atoms with van der Waals surface area (Å²) < 4.78 is 0. The van der Waals surface area contributed by atoms with E-state index in [0.717, 1.165) is 36.3 Å². The number of carbonyl (C=O) groups is 1. The number of carbonyl (C=O) groups excluding carboxylic acids is 1. The van der Waals surface area contributed by atoms with E-state index in [1.165, 1.54) is 5.56 Å². The van der Waals surface area contributed by atoms with Gasteiger partial charge in [0.25, 0.3) is 0 Å². The molecule has 1 saturated heterocycles. The van der Waals surface area contributed by atoms with Crippen LogP contribution in [0.15, 0.2) is 61.2 Å². The van der Waals surface area contributed by atoms with Gasteiger partial charge in [-0.15, -0.1) is 6.58 Å². The highest BCUT2D eigenvalue weighted by Crippen LogP contribution is 2.52. The van der Waals surface area contributed by atoms with E-state index in [1.807, 2.05) is 30.3 Å². The molecular weight excluding hydrogens is 449 g/mol. The van der Waals surface area contributed by atoms with Gasteiger partial charge in [-0.25, -0.2) is 0 Å². The van der Waals surface area contributed by atoms with Gasteiger partial charge in [-0.05, 0) is 73.4 Å². The molecule has 0 bridgehead atoms. The maximum atomic E-state index is 14.2. The molecule has 4 atom stereocenters. The van der Waals surface area contributed by atoms with E-state index in [-0.39, 0.29) is 23.9 Å². The van der Waals surface area contributed by atoms with Crippen LogP contribution in [-0.2, 0) is 4.79 Å². The quantitative estimate of drug-likeness (QED) is 0.324. The minimum atomic E-state index is -0.497. The van der Waals surface area contributed by atoms with Crippen molar-refractivity contribution in [3.63, 3.8) is 0 Å². The smallest absolute Gasteiger partial charge is 0.229 e. The lowest BCUT2D eigenvalue weighted by Crippen LogP contribution is -2.55. The molecule has 4 heteroatoms. The van der Waals surface area contributed by atoms with Crippen molar-refractivity contribution in [2.24, 2.45) is 11.3 Å². The van der Waals surface area contributed by atoms with Gasteiger partial charge < -0.3 is 4.90 Å². The summed E-state index contributed by atoms with van der Waals surface area (Å²) in [6.07, 6.45) is 6.32. The van der Waals surface area contributed by atoms with Gasteiger partial charge in [0.2, 0.25) is 5.91 Å². The summed E-state index contributed by atoms with van der Waals surface area (Å²) in [5.74, 6) is 0.952. The first kappa shape index (κ1) is 25.8. The fourth-order valence-electron chi connectivity index (χ4n) is 5.35. The number of rotatable bonds is 9. The van der Waals surface area contributed by atoms with Crippen molar-refractivity contribution in [1.82, 2.24) is 4.90 Å². The van der Waals surface area contributed by atoms with Crippen molar-refractivity contribution in [1.29, 1.82) is 0 Å². The van der Waals surface area contributed by atoms with Crippen molar-refractivity contribution < 1.29 is 4.79 Å². The highest BCUT2D eigenvalue weighted by molar-refractivity contribution is 6.30. The molecule has 33 heavy (non-hydrogen) atoms. The van der Waals surface area contributed by atoms with Crippen LogP contribution in [0, 0.1) is 11.3 Å². The summed E-state index contributed by atoms with van der Waals surface area (Å²) in [5.41, 5.74) is 1.80. The number of hydrogen-bond donors (Lipinski definition) is 0. The minimum Gasteiger partial charge on any atom is -0.332 e. The molecule has 1 aliphatic rings. The predicted molar refractivity (Wildman–Crippen MR) is 141 cm³/mol. The lowest BCUT2D eigenvalue weighted by molar-refractivity contribution is -0.155. The molecule has 1 aliphatic heterocycles. The number of piperidine rings is 1. The molecule has 0 saturated carbocycles. The molecule has 1 heterocycles. The van der Waals surface area contributed by atoms with Crippen LogP contribution < -0.4 is 0 Å². The Hall–Kier alpha value is -1.77. The molecule has 1 fully saturated rings. The fourth-order valence-corrected chi connectivity index (χ4v) is 5.68. The molecule has 1 amide bonds. The van der Waals surface area contributed by atoms with E-state index < -0.39 is 5.41 Å². The molecule has 0 spiro atoms. The van der Waals surface area contributed by atoms with Crippen LogP contribution in [0.2, 0.25) is 10.0 Å². The number of benzene rings is 2. The summed E-state index contributed by atoms with van der Waals surface area (Å²) in [7, 11) is 0. The minimum absolute atomic E-state index is 0.0664. The van der Waals surface area contributed by atoms with Crippen LogP contribution in [0.25, 0.3) is 0 Å². The molecule has 2 unspecified atom stereocenters. The van der Waals surface area contributed by atoms with Gasteiger partial charge in [-0.1, -0.05) is 81.2 Å². The third-order valence-electron chi connectivity index (χ3n) is 7.13. The van der Waals surface area contributed by atoms with Crippen molar-refractivity contribution in [2.75, 3.05) is 0 Å². The number of nitrogens with zero attached hydrogens (tertiary/aromatic N) is 1. The number of halogens is 2. The maximum absolute atomic E-state index is 14.2. The SMILES string of the molecule is C=CC[C@@]1(C)CC(c2cccc(Cl)c2)[C@@H](c2ccc(Cl)cc2)N(C(CC)CCC(C)C)C1=O. The monoisotopic (exact) mass is 485 g/mol. The van der Waals surface area contributed by atoms with Crippen LogP contribution >= 0.6 is 23.2 Å². The Morgan fingerprint density at radius 1 is 1.09 bits per heavy atom. The van der Waals surface area contributed by atoms with Gasteiger partial charge in [0, 0.05) is 22.0 Å². The molecule has 3 rings (SSSR count). The van der Waals surface area contributed by atoms with Gasteiger partial charge >= 0.3 is 0 Å². The molecule has 178 valence electrons. The van der Waals surface area contributed by atoms with E-state index in [2.05, 4.69) is 63.4 Å². The number of likely N-dealkylation sites (tertiary alicyclic amines) is 1. The molecule has 2 aromatic rings. The molecule has 0 N–H and O–H groups in total.